The molecule has 112 valence electrons. The molecule has 0 aromatic heterocycles. The van der Waals surface area contributed by atoms with Gasteiger partial charge in [-0.1, -0.05) is 13.8 Å². The minimum atomic E-state index is -0.765. The highest BCUT2D eigenvalue weighted by Gasteiger charge is 2.26. The monoisotopic (exact) mass is 283 g/mol. The number of carbonyl (C=O) groups excluding carboxylic acids is 1. The largest absolute Gasteiger partial charge is 0.508 e. The maximum absolute atomic E-state index is 11.3. The van der Waals surface area contributed by atoms with E-state index in [-0.39, 0.29) is 34.6 Å². The summed E-state index contributed by atoms with van der Waals surface area (Å²) >= 11 is 0. The lowest BCUT2D eigenvalue weighted by molar-refractivity contribution is -0.142. The molecule has 0 bridgehead atoms. The summed E-state index contributed by atoms with van der Waals surface area (Å²) in [6.45, 7) is 3.62. The van der Waals surface area contributed by atoms with Gasteiger partial charge in [-0.05, 0) is 30.4 Å². The first-order chi connectivity index (χ1) is 9.29. The average molecular weight is 283 g/mol. The van der Waals surface area contributed by atoms with Crippen molar-refractivity contribution in [2.75, 3.05) is 7.11 Å². The highest BCUT2D eigenvalue weighted by molar-refractivity contribution is 5.75. The van der Waals surface area contributed by atoms with E-state index in [1.807, 2.05) is 6.92 Å². The lowest BCUT2D eigenvalue weighted by Crippen LogP contribution is -2.34. The van der Waals surface area contributed by atoms with Crippen LogP contribution in [-0.2, 0) is 9.53 Å². The summed E-state index contributed by atoms with van der Waals surface area (Å²) in [7, 11) is 1.27. The molecule has 0 radical (unpaired) electrons. The van der Waals surface area contributed by atoms with Gasteiger partial charge in [-0.15, -0.1) is 0 Å². The highest BCUT2D eigenvalue weighted by Crippen LogP contribution is 2.43. The van der Waals surface area contributed by atoms with E-state index in [1.54, 1.807) is 6.92 Å². The topological polar surface area (TPSA) is 113 Å². The number of esters is 1. The standard InChI is InChI=1S/C14H21NO5/c1-7(6-9(15)14(19)20-3)8(2)12-10(16)4-5-11(17)13(12)18/h4-5,7-9,16-18H,6,15H2,1-3H3. The van der Waals surface area contributed by atoms with E-state index in [9.17, 15) is 20.1 Å². The van der Waals surface area contributed by atoms with Gasteiger partial charge in [0.25, 0.3) is 0 Å². The fraction of sp³-hybridized carbons (Fsp3) is 0.500. The number of hydrogen-bond donors (Lipinski definition) is 4. The Morgan fingerprint density at radius 2 is 1.80 bits per heavy atom. The van der Waals surface area contributed by atoms with Gasteiger partial charge in [0.1, 0.15) is 11.8 Å². The summed E-state index contributed by atoms with van der Waals surface area (Å²) < 4.78 is 4.56. The first-order valence-electron chi connectivity index (χ1n) is 6.36. The summed E-state index contributed by atoms with van der Waals surface area (Å²) in [6.07, 6.45) is 0.336. The second-order valence-electron chi connectivity index (χ2n) is 5.00. The molecule has 0 aliphatic carbocycles. The number of benzene rings is 1. The van der Waals surface area contributed by atoms with Gasteiger partial charge in [0, 0.05) is 5.56 Å². The SMILES string of the molecule is COC(=O)C(N)CC(C)C(C)c1c(O)ccc(O)c1O. The maximum atomic E-state index is 11.3. The van der Waals surface area contributed by atoms with E-state index in [1.165, 1.54) is 19.2 Å². The van der Waals surface area contributed by atoms with Gasteiger partial charge >= 0.3 is 5.97 Å². The Hall–Kier alpha value is -1.95. The summed E-state index contributed by atoms with van der Waals surface area (Å²) in [5.74, 6) is -1.66. The summed E-state index contributed by atoms with van der Waals surface area (Å²) in [6, 6.07) is 1.76. The molecule has 0 heterocycles. The number of nitrogens with two attached hydrogens (primary N) is 1. The van der Waals surface area contributed by atoms with E-state index in [0.717, 1.165) is 0 Å². The van der Waals surface area contributed by atoms with E-state index in [4.69, 9.17) is 5.73 Å². The Kier molecular flexibility index (Phi) is 5.21. The Labute approximate surface area is 117 Å². The van der Waals surface area contributed by atoms with E-state index in [2.05, 4.69) is 4.74 Å². The molecule has 1 rings (SSSR count). The molecule has 1 aromatic carbocycles. The molecule has 0 saturated heterocycles. The molecule has 3 unspecified atom stereocenters. The first kappa shape index (κ1) is 16.1. The van der Waals surface area contributed by atoms with Crippen LogP contribution in [0, 0.1) is 5.92 Å². The molecule has 5 N–H and O–H groups in total. The highest BCUT2D eigenvalue weighted by atomic mass is 16.5. The van der Waals surface area contributed by atoms with Crippen LogP contribution in [0.3, 0.4) is 0 Å². The van der Waals surface area contributed by atoms with Crippen LogP contribution in [0.4, 0.5) is 0 Å². The predicted molar refractivity (Wildman–Crippen MR) is 73.6 cm³/mol. The zero-order chi connectivity index (χ0) is 15.4. The maximum Gasteiger partial charge on any atom is 0.322 e. The minimum absolute atomic E-state index is 0.105. The summed E-state index contributed by atoms with van der Waals surface area (Å²) in [5.41, 5.74) is 5.95. The van der Waals surface area contributed by atoms with Crippen molar-refractivity contribution in [3.05, 3.63) is 17.7 Å². The predicted octanol–water partition coefficient (Wildman–Crippen LogP) is 1.43. The Balaban J connectivity index is 2.92. The van der Waals surface area contributed by atoms with Crippen molar-refractivity contribution >= 4 is 5.97 Å². The number of ether oxygens (including phenoxy) is 1. The number of methoxy groups -OCH3 is 1. The Bertz CT molecular complexity index is 489. The van der Waals surface area contributed by atoms with Gasteiger partial charge in [0.2, 0.25) is 0 Å². The van der Waals surface area contributed by atoms with Gasteiger partial charge in [-0.2, -0.15) is 0 Å². The minimum Gasteiger partial charge on any atom is -0.508 e. The van der Waals surface area contributed by atoms with Crippen molar-refractivity contribution in [1.29, 1.82) is 0 Å². The fourth-order valence-electron chi connectivity index (χ4n) is 2.17. The number of carbonyl (C=O) groups is 1. The third kappa shape index (κ3) is 3.33. The van der Waals surface area contributed by atoms with Crippen molar-refractivity contribution < 1.29 is 24.9 Å². The first-order valence-corrected chi connectivity index (χ1v) is 6.36. The molecule has 20 heavy (non-hydrogen) atoms. The Morgan fingerprint density at radius 3 is 2.35 bits per heavy atom. The zero-order valence-corrected chi connectivity index (χ0v) is 11.8. The third-order valence-corrected chi connectivity index (χ3v) is 3.61. The molecule has 0 aliphatic rings. The van der Waals surface area contributed by atoms with Crippen molar-refractivity contribution in [2.24, 2.45) is 11.7 Å². The quantitative estimate of drug-likeness (QED) is 0.369. The number of phenolic OH excluding ortho intramolecular Hbond substituents is 3. The molecule has 3 atom stereocenters. The second-order valence-corrected chi connectivity index (χ2v) is 5.00. The Morgan fingerprint density at radius 1 is 1.25 bits per heavy atom. The number of hydrogen-bond acceptors (Lipinski definition) is 6. The van der Waals surface area contributed by atoms with Crippen LogP contribution in [-0.4, -0.2) is 34.4 Å². The van der Waals surface area contributed by atoms with E-state index < -0.39 is 12.0 Å². The molecule has 0 fully saturated rings. The van der Waals surface area contributed by atoms with Crippen molar-refractivity contribution in [2.45, 2.75) is 32.2 Å². The average Bonchev–Trinajstić information content (AvgIpc) is 2.42. The van der Waals surface area contributed by atoms with Gasteiger partial charge in [-0.25, -0.2) is 0 Å². The van der Waals surface area contributed by atoms with Gasteiger partial charge in [0.15, 0.2) is 11.5 Å². The van der Waals surface area contributed by atoms with E-state index in [0.29, 0.717) is 6.42 Å². The molecular formula is C14H21NO5. The van der Waals surface area contributed by atoms with Crippen LogP contribution in [0.15, 0.2) is 12.1 Å². The zero-order valence-electron chi connectivity index (χ0n) is 11.8. The smallest absolute Gasteiger partial charge is 0.322 e. The summed E-state index contributed by atoms with van der Waals surface area (Å²) in [5, 5.41) is 29.2. The van der Waals surface area contributed by atoms with Gasteiger partial charge < -0.3 is 25.8 Å². The van der Waals surface area contributed by atoms with Crippen molar-refractivity contribution in [3.63, 3.8) is 0 Å². The second kappa shape index (κ2) is 6.47. The van der Waals surface area contributed by atoms with Crippen LogP contribution < -0.4 is 5.73 Å². The van der Waals surface area contributed by atoms with Crippen LogP contribution in [0.1, 0.15) is 31.7 Å². The van der Waals surface area contributed by atoms with Crippen LogP contribution in [0.5, 0.6) is 17.2 Å². The van der Waals surface area contributed by atoms with Crippen LogP contribution >= 0.6 is 0 Å². The molecule has 0 aliphatic heterocycles. The lowest BCUT2D eigenvalue weighted by Gasteiger charge is -2.24. The number of aromatic hydroxyl groups is 3. The third-order valence-electron chi connectivity index (χ3n) is 3.61. The van der Waals surface area contributed by atoms with Crippen LogP contribution in [0.2, 0.25) is 0 Å². The van der Waals surface area contributed by atoms with Gasteiger partial charge in [0.05, 0.1) is 7.11 Å². The molecular weight excluding hydrogens is 262 g/mol. The normalized spacial score (nSPS) is 15.4. The molecule has 0 saturated carbocycles. The fourth-order valence-corrected chi connectivity index (χ4v) is 2.17. The molecule has 6 heteroatoms. The molecule has 0 spiro atoms. The summed E-state index contributed by atoms with van der Waals surface area (Å²) in [4.78, 5) is 11.3. The number of rotatable bonds is 5. The van der Waals surface area contributed by atoms with Crippen molar-refractivity contribution in [1.82, 2.24) is 0 Å². The van der Waals surface area contributed by atoms with Crippen LogP contribution in [0.25, 0.3) is 0 Å². The molecule has 6 nitrogen and oxygen atoms in total. The number of phenols is 3. The lowest BCUT2D eigenvalue weighted by atomic mass is 9.84. The van der Waals surface area contributed by atoms with Crippen molar-refractivity contribution in [3.8, 4) is 17.2 Å². The van der Waals surface area contributed by atoms with E-state index >= 15 is 0 Å². The molecule has 0 amide bonds. The van der Waals surface area contributed by atoms with Gasteiger partial charge in [-0.3, -0.25) is 4.79 Å². The molecule has 1 aromatic rings.